The van der Waals surface area contributed by atoms with Crippen LogP contribution in [0, 0.1) is 5.92 Å². The zero-order chi connectivity index (χ0) is 18.6. The number of aliphatic hydroxyl groups is 1. The van der Waals surface area contributed by atoms with Crippen LogP contribution in [0.5, 0.6) is 0 Å². The van der Waals surface area contributed by atoms with E-state index in [0.717, 1.165) is 41.7 Å². The van der Waals surface area contributed by atoms with Gasteiger partial charge in [-0.05, 0) is 30.9 Å². The fourth-order valence-electron chi connectivity index (χ4n) is 2.99. The summed E-state index contributed by atoms with van der Waals surface area (Å²) in [6.07, 6.45) is 2.41. The first-order valence-corrected chi connectivity index (χ1v) is 9.44. The van der Waals surface area contributed by atoms with Gasteiger partial charge in [-0.15, -0.1) is 0 Å². The fourth-order valence-corrected chi connectivity index (χ4v) is 3.37. The highest BCUT2D eigenvalue weighted by molar-refractivity contribution is 7.81. The molecule has 0 bridgehead atoms. The lowest BCUT2D eigenvalue weighted by atomic mass is 10.1. The molecule has 0 aliphatic carbocycles. The van der Waals surface area contributed by atoms with Crippen LogP contribution >= 0.6 is 12.2 Å². The summed E-state index contributed by atoms with van der Waals surface area (Å²) in [6.45, 7) is 10.2. The normalized spacial score (nSPS) is 19.2. The van der Waals surface area contributed by atoms with Crippen LogP contribution in [0.25, 0.3) is 11.3 Å². The Morgan fingerprint density at radius 2 is 2.16 bits per heavy atom. The van der Waals surface area contributed by atoms with Gasteiger partial charge < -0.3 is 19.7 Å². The number of carbonyl (C=O) groups is 1. The Hall–Kier alpha value is -1.82. The smallest absolute Gasteiger partial charge is 0.354 e. The van der Waals surface area contributed by atoms with Gasteiger partial charge in [0.15, 0.2) is 0 Å². The van der Waals surface area contributed by atoms with E-state index in [1.165, 1.54) is 0 Å². The first-order valence-electron chi connectivity index (χ1n) is 9.03. The van der Waals surface area contributed by atoms with Gasteiger partial charge in [0.1, 0.15) is 16.4 Å². The number of ether oxygens (including phenoxy) is 1. The molecule has 1 aliphatic heterocycles. The van der Waals surface area contributed by atoms with Crippen molar-refractivity contribution in [1.82, 2.24) is 9.88 Å². The second-order valence-corrected chi connectivity index (χ2v) is 6.87. The summed E-state index contributed by atoms with van der Waals surface area (Å²) in [7, 11) is 0. The number of nitrogens with one attached hydrogen (secondary N) is 1. The second kappa shape index (κ2) is 8.52. The number of thiocarbonyl (C=S) groups is 1. The fraction of sp³-hybridized carbons (Fsp3) is 0.579. The molecule has 2 N–H and O–H groups in total. The maximum atomic E-state index is 12.1. The summed E-state index contributed by atoms with van der Waals surface area (Å²) < 4.78 is 5.07. The maximum Gasteiger partial charge on any atom is 0.354 e. The molecule has 0 aromatic carbocycles. The Bertz CT molecular complexity index is 766. The highest BCUT2D eigenvalue weighted by Crippen LogP contribution is 2.20. The predicted octanol–water partition coefficient (Wildman–Crippen LogP) is 2.50. The topological polar surface area (TPSA) is 65.6 Å². The van der Waals surface area contributed by atoms with Crippen LogP contribution in [-0.4, -0.2) is 45.6 Å². The first-order chi connectivity index (χ1) is 11.9. The zero-order valence-electron chi connectivity index (χ0n) is 15.5. The van der Waals surface area contributed by atoms with Gasteiger partial charge in [-0.1, -0.05) is 39.4 Å². The summed E-state index contributed by atoms with van der Waals surface area (Å²) in [5, 5.41) is 11.7. The second-order valence-electron chi connectivity index (χ2n) is 6.49. The van der Waals surface area contributed by atoms with Crippen LogP contribution in [-0.2, 0) is 4.74 Å². The van der Waals surface area contributed by atoms with E-state index in [-0.39, 0.29) is 5.76 Å². The van der Waals surface area contributed by atoms with Crippen molar-refractivity contribution in [1.29, 1.82) is 0 Å². The Labute approximate surface area is 154 Å². The molecule has 0 saturated carbocycles. The number of aromatic amines is 1. The number of carbonyl (C=O) groups excluding carboxylic acids is 1. The van der Waals surface area contributed by atoms with Crippen LogP contribution in [0.1, 0.15) is 57.4 Å². The molecule has 2 heterocycles. The lowest BCUT2D eigenvalue weighted by Gasteiger charge is -2.21. The number of aliphatic hydroxyl groups excluding tert-OH is 1. The number of likely N-dealkylation sites (tertiary alicyclic amines) is 1. The van der Waals surface area contributed by atoms with Gasteiger partial charge in [-0.25, -0.2) is 4.79 Å². The third-order valence-corrected chi connectivity index (χ3v) is 5.17. The van der Waals surface area contributed by atoms with Crippen LogP contribution < -0.4 is 10.6 Å². The average Bonchev–Trinajstić information content (AvgIpc) is 3.19. The van der Waals surface area contributed by atoms with Crippen LogP contribution in [0.3, 0.4) is 0 Å². The van der Waals surface area contributed by atoms with Crippen molar-refractivity contribution in [2.45, 2.75) is 47.0 Å². The van der Waals surface area contributed by atoms with Crippen molar-refractivity contribution >= 4 is 34.5 Å². The SMILES string of the molecule is CCOC(=O)c1cc(=C2/CCN(CC(C)CC)C2=S)/c(=C(\O)CC)[nH]1. The Morgan fingerprint density at radius 1 is 1.44 bits per heavy atom. The van der Waals surface area contributed by atoms with Gasteiger partial charge in [0, 0.05) is 24.7 Å². The third-order valence-electron chi connectivity index (χ3n) is 4.67. The predicted molar refractivity (Wildman–Crippen MR) is 104 cm³/mol. The molecule has 1 saturated heterocycles. The molecule has 0 spiro atoms. The number of esters is 1. The molecule has 6 heteroatoms. The van der Waals surface area contributed by atoms with E-state index in [1.807, 2.05) is 6.92 Å². The summed E-state index contributed by atoms with van der Waals surface area (Å²) in [5.74, 6) is 0.384. The van der Waals surface area contributed by atoms with Crippen molar-refractivity contribution < 1.29 is 14.6 Å². The Morgan fingerprint density at radius 3 is 2.76 bits per heavy atom. The highest BCUT2D eigenvalue weighted by atomic mass is 32.1. The molecule has 1 aliphatic rings. The van der Waals surface area contributed by atoms with E-state index >= 15 is 0 Å². The van der Waals surface area contributed by atoms with Crippen molar-refractivity contribution in [3.05, 3.63) is 22.3 Å². The summed E-state index contributed by atoms with van der Waals surface area (Å²) in [4.78, 5) is 18.1. The van der Waals surface area contributed by atoms with Gasteiger partial charge in [-0.2, -0.15) is 0 Å². The van der Waals surface area contributed by atoms with Gasteiger partial charge in [0.2, 0.25) is 0 Å². The molecule has 0 radical (unpaired) electrons. The maximum absolute atomic E-state index is 12.1. The molecule has 5 nitrogen and oxygen atoms in total. The van der Waals surface area contributed by atoms with E-state index in [2.05, 4.69) is 23.7 Å². The van der Waals surface area contributed by atoms with Crippen LogP contribution in [0.2, 0.25) is 0 Å². The molecule has 1 aromatic rings. The van der Waals surface area contributed by atoms with Crippen LogP contribution in [0.4, 0.5) is 0 Å². The number of aromatic nitrogens is 1. The molecule has 1 atom stereocenters. The summed E-state index contributed by atoms with van der Waals surface area (Å²) in [5.41, 5.74) is 1.36. The van der Waals surface area contributed by atoms with Crippen molar-refractivity contribution in [2.75, 3.05) is 19.7 Å². The van der Waals surface area contributed by atoms with Gasteiger partial charge in [-0.3, -0.25) is 0 Å². The van der Waals surface area contributed by atoms with E-state index < -0.39 is 5.97 Å². The summed E-state index contributed by atoms with van der Waals surface area (Å²) in [6, 6.07) is 1.76. The molecule has 0 amide bonds. The third kappa shape index (κ3) is 4.24. The van der Waals surface area contributed by atoms with E-state index in [0.29, 0.717) is 30.0 Å². The largest absolute Gasteiger partial charge is 0.510 e. The van der Waals surface area contributed by atoms with Crippen LogP contribution in [0.15, 0.2) is 6.07 Å². The molecule has 1 fully saturated rings. The highest BCUT2D eigenvalue weighted by Gasteiger charge is 2.25. The molecule has 138 valence electrons. The van der Waals surface area contributed by atoms with Gasteiger partial charge >= 0.3 is 5.97 Å². The van der Waals surface area contributed by atoms with Crippen molar-refractivity contribution in [3.8, 4) is 0 Å². The molecule has 2 rings (SSSR count). The number of H-pyrrole nitrogens is 1. The molecule has 1 aromatic heterocycles. The van der Waals surface area contributed by atoms with E-state index in [1.54, 1.807) is 13.0 Å². The first kappa shape index (κ1) is 19.5. The number of rotatable bonds is 6. The minimum Gasteiger partial charge on any atom is -0.510 e. The quantitative estimate of drug-likeness (QED) is 0.600. The molecule has 25 heavy (non-hydrogen) atoms. The minimum atomic E-state index is -0.417. The molecule has 1 unspecified atom stereocenters. The lowest BCUT2D eigenvalue weighted by molar-refractivity contribution is 0.0520. The van der Waals surface area contributed by atoms with Crippen molar-refractivity contribution in [3.63, 3.8) is 0 Å². The number of nitrogens with zero attached hydrogens (tertiary/aromatic N) is 1. The van der Waals surface area contributed by atoms with E-state index in [9.17, 15) is 9.90 Å². The zero-order valence-corrected chi connectivity index (χ0v) is 16.3. The molecular formula is C19H28N2O3S. The average molecular weight is 365 g/mol. The summed E-state index contributed by atoms with van der Waals surface area (Å²) >= 11 is 5.69. The van der Waals surface area contributed by atoms with Gasteiger partial charge in [0.05, 0.1) is 12.0 Å². The monoisotopic (exact) mass is 364 g/mol. The standard InChI is InChI=1S/C19H28N2O3S/c1-5-12(4)11-21-9-8-13(18(21)25)14-10-15(19(23)24-7-3)20-17(14)16(22)6-2/h10,12,20,22H,5-9,11H2,1-4H3/b14-13+,17-16+. The van der Waals surface area contributed by atoms with Gasteiger partial charge in [0.25, 0.3) is 0 Å². The Balaban J connectivity index is 2.52. The number of hydrogen-bond acceptors (Lipinski definition) is 4. The minimum absolute atomic E-state index is 0.223. The number of hydrogen-bond donors (Lipinski definition) is 2. The molecular weight excluding hydrogens is 336 g/mol. The Kier molecular flexibility index (Phi) is 6.64. The van der Waals surface area contributed by atoms with E-state index in [4.69, 9.17) is 17.0 Å². The van der Waals surface area contributed by atoms with Crippen molar-refractivity contribution in [2.24, 2.45) is 5.92 Å². The lowest BCUT2D eigenvalue weighted by Crippen LogP contribution is -2.32.